The van der Waals surface area contributed by atoms with Crippen molar-refractivity contribution in [2.75, 3.05) is 5.32 Å². The lowest BCUT2D eigenvalue weighted by atomic mass is 10.0. The molecule has 0 spiro atoms. The van der Waals surface area contributed by atoms with Crippen molar-refractivity contribution in [3.8, 4) is 0 Å². The monoisotopic (exact) mass is 231 g/mol. The van der Waals surface area contributed by atoms with Crippen molar-refractivity contribution in [1.29, 1.82) is 0 Å². The topological polar surface area (TPSA) is 12.0 Å². The molecular formula is C14H11F2N. The van der Waals surface area contributed by atoms with E-state index < -0.39 is 11.6 Å². The maximum Gasteiger partial charge on any atom is 0.126 e. The van der Waals surface area contributed by atoms with E-state index in [-0.39, 0.29) is 6.04 Å². The Bertz CT molecular complexity index is 521. The summed E-state index contributed by atoms with van der Waals surface area (Å²) in [5, 5.41) is 3.27. The minimum Gasteiger partial charge on any atom is -0.378 e. The predicted molar refractivity (Wildman–Crippen MR) is 62.9 cm³/mol. The van der Waals surface area contributed by atoms with Gasteiger partial charge in [-0.25, -0.2) is 8.78 Å². The van der Waals surface area contributed by atoms with E-state index in [9.17, 15) is 8.78 Å². The maximum absolute atomic E-state index is 13.1. The summed E-state index contributed by atoms with van der Waals surface area (Å²) in [4.78, 5) is 0. The molecule has 1 atom stereocenters. The standard InChI is InChI=1S/C14H11F2N/c15-11-5-10(6-12(16)8-11)14-7-9-3-1-2-4-13(9)17-14/h1-6,8,14,17H,7H2. The molecule has 0 aliphatic carbocycles. The molecule has 1 N–H and O–H groups in total. The summed E-state index contributed by atoms with van der Waals surface area (Å²) in [5.74, 6) is -1.06. The Morgan fingerprint density at radius 1 is 1.00 bits per heavy atom. The van der Waals surface area contributed by atoms with Crippen LogP contribution in [0.15, 0.2) is 42.5 Å². The van der Waals surface area contributed by atoms with Crippen molar-refractivity contribution in [3.63, 3.8) is 0 Å². The van der Waals surface area contributed by atoms with Gasteiger partial charge in [0.2, 0.25) is 0 Å². The SMILES string of the molecule is Fc1cc(F)cc(C2Cc3ccccc3N2)c1. The zero-order chi connectivity index (χ0) is 11.8. The maximum atomic E-state index is 13.1. The molecule has 3 rings (SSSR count). The van der Waals surface area contributed by atoms with Crippen LogP contribution in [-0.4, -0.2) is 0 Å². The van der Waals surface area contributed by atoms with Crippen molar-refractivity contribution < 1.29 is 8.78 Å². The van der Waals surface area contributed by atoms with E-state index in [0.717, 1.165) is 18.2 Å². The highest BCUT2D eigenvalue weighted by atomic mass is 19.1. The molecule has 3 heteroatoms. The smallest absolute Gasteiger partial charge is 0.126 e. The first kappa shape index (κ1) is 10.3. The summed E-state index contributed by atoms with van der Waals surface area (Å²) in [6.07, 6.45) is 0.763. The van der Waals surface area contributed by atoms with Crippen LogP contribution >= 0.6 is 0 Å². The van der Waals surface area contributed by atoms with Gasteiger partial charge < -0.3 is 5.32 Å². The summed E-state index contributed by atoms with van der Waals surface area (Å²) in [7, 11) is 0. The van der Waals surface area contributed by atoms with Crippen molar-refractivity contribution in [2.24, 2.45) is 0 Å². The van der Waals surface area contributed by atoms with Crippen LogP contribution < -0.4 is 5.32 Å². The fourth-order valence-electron chi connectivity index (χ4n) is 2.28. The second kappa shape index (κ2) is 3.84. The first-order chi connectivity index (χ1) is 8.22. The molecule has 17 heavy (non-hydrogen) atoms. The first-order valence-electron chi connectivity index (χ1n) is 5.53. The summed E-state index contributed by atoms with van der Waals surface area (Å²) in [6, 6.07) is 11.5. The van der Waals surface area contributed by atoms with Crippen LogP contribution in [-0.2, 0) is 6.42 Å². The van der Waals surface area contributed by atoms with Crippen LogP contribution in [0.2, 0.25) is 0 Å². The highest BCUT2D eigenvalue weighted by Crippen LogP contribution is 2.34. The third kappa shape index (κ3) is 1.88. The van der Waals surface area contributed by atoms with Crippen LogP contribution in [0.5, 0.6) is 0 Å². The molecule has 1 heterocycles. The van der Waals surface area contributed by atoms with E-state index >= 15 is 0 Å². The molecule has 0 aromatic heterocycles. The molecule has 1 aliphatic rings. The Kier molecular flexibility index (Phi) is 2.32. The van der Waals surface area contributed by atoms with Gasteiger partial charge in [-0.2, -0.15) is 0 Å². The molecule has 1 nitrogen and oxygen atoms in total. The average molecular weight is 231 g/mol. The lowest BCUT2D eigenvalue weighted by Crippen LogP contribution is -2.06. The zero-order valence-electron chi connectivity index (χ0n) is 9.08. The fourth-order valence-corrected chi connectivity index (χ4v) is 2.28. The molecule has 0 fully saturated rings. The number of para-hydroxylation sites is 1. The summed E-state index contributed by atoms with van der Waals surface area (Å²) < 4.78 is 26.3. The molecule has 2 aromatic carbocycles. The minimum atomic E-state index is -0.530. The first-order valence-corrected chi connectivity index (χ1v) is 5.53. The van der Waals surface area contributed by atoms with E-state index in [0.29, 0.717) is 5.56 Å². The normalized spacial score (nSPS) is 17.6. The lowest BCUT2D eigenvalue weighted by molar-refractivity contribution is 0.576. The number of benzene rings is 2. The zero-order valence-corrected chi connectivity index (χ0v) is 9.08. The van der Waals surface area contributed by atoms with Crippen LogP contribution in [0.3, 0.4) is 0 Å². The highest BCUT2D eigenvalue weighted by Gasteiger charge is 2.22. The summed E-state index contributed by atoms with van der Waals surface area (Å²) >= 11 is 0. The quantitative estimate of drug-likeness (QED) is 0.789. The largest absolute Gasteiger partial charge is 0.378 e. The van der Waals surface area contributed by atoms with Crippen molar-refractivity contribution in [3.05, 3.63) is 65.2 Å². The second-order valence-electron chi connectivity index (χ2n) is 4.26. The minimum absolute atomic E-state index is 0.0439. The molecule has 1 aliphatic heterocycles. The third-order valence-corrected chi connectivity index (χ3v) is 3.06. The number of halogens is 2. The molecule has 2 aromatic rings. The van der Waals surface area contributed by atoms with Gasteiger partial charge in [-0.15, -0.1) is 0 Å². The van der Waals surface area contributed by atoms with Gasteiger partial charge in [-0.1, -0.05) is 18.2 Å². The van der Waals surface area contributed by atoms with Crippen molar-refractivity contribution in [2.45, 2.75) is 12.5 Å². The molecular weight excluding hydrogens is 220 g/mol. The average Bonchev–Trinajstić information content (AvgIpc) is 2.71. The fraction of sp³-hybridized carbons (Fsp3) is 0.143. The van der Waals surface area contributed by atoms with E-state index in [4.69, 9.17) is 0 Å². The molecule has 0 radical (unpaired) electrons. The van der Waals surface area contributed by atoms with Gasteiger partial charge in [0.05, 0.1) is 6.04 Å². The molecule has 1 unspecified atom stereocenters. The molecule has 0 amide bonds. The number of nitrogens with one attached hydrogen (secondary N) is 1. The molecule has 0 saturated heterocycles. The molecule has 0 saturated carbocycles. The van der Waals surface area contributed by atoms with Crippen LogP contribution in [0.4, 0.5) is 14.5 Å². The second-order valence-corrected chi connectivity index (χ2v) is 4.26. The third-order valence-electron chi connectivity index (χ3n) is 3.06. The van der Waals surface area contributed by atoms with Gasteiger partial charge in [0.1, 0.15) is 11.6 Å². The van der Waals surface area contributed by atoms with E-state index in [2.05, 4.69) is 5.32 Å². The Morgan fingerprint density at radius 3 is 2.41 bits per heavy atom. The Morgan fingerprint density at radius 2 is 1.71 bits per heavy atom. The van der Waals surface area contributed by atoms with Gasteiger partial charge in [-0.05, 0) is 35.7 Å². The number of anilines is 1. The molecule has 0 bridgehead atoms. The van der Waals surface area contributed by atoms with E-state index in [1.807, 2.05) is 24.3 Å². The predicted octanol–water partition coefficient (Wildman–Crippen LogP) is 3.67. The lowest BCUT2D eigenvalue weighted by Gasteiger charge is -2.11. The Labute approximate surface area is 98.1 Å². The van der Waals surface area contributed by atoms with Gasteiger partial charge >= 0.3 is 0 Å². The molecule has 86 valence electrons. The van der Waals surface area contributed by atoms with Crippen LogP contribution in [0.1, 0.15) is 17.2 Å². The van der Waals surface area contributed by atoms with Crippen molar-refractivity contribution >= 4 is 5.69 Å². The Hall–Kier alpha value is -1.90. The van der Waals surface area contributed by atoms with E-state index in [1.165, 1.54) is 17.7 Å². The number of hydrogen-bond donors (Lipinski definition) is 1. The summed E-state index contributed by atoms with van der Waals surface area (Å²) in [6.45, 7) is 0. The number of hydrogen-bond acceptors (Lipinski definition) is 1. The van der Waals surface area contributed by atoms with Gasteiger partial charge in [-0.3, -0.25) is 0 Å². The van der Waals surface area contributed by atoms with Crippen LogP contribution in [0.25, 0.3) is 0 Å². The highest BCUT2D eigenvalue weighted by molar-refractivity contribution is 5.58. The number of fused-ring (bicyclic) bond motifs is 1. The van der Waals surface area contributed by atoms with Gasteiger partial charge in [0.15, 0.2) is 0 Å². The Balaban J connectivity index is 1.93. The number of rotatable bonds is 1. The van der Waals surface area contributed by atoms with Crippen molar-refractivity contribution in [1.82, 2.24) is 0 Å². The van der Waals surface area contributed by atoms with Crippen LogP contribution in [0, 0.1) is 11.6 Å². The summed E-state index contributed by atoms with van der Waals surface area (Å²) in [5.41, 5.74) is 2.88. The van der Waals surface area contributed by atoms with Gasteiger partial charge in [0.25, 0.3) is 0 Å². The van der Waals surface area contributed by atoms with E-state index in [1.54, 1.807) is 0 Å². The van der Waals surface area contributed by atoms with Gasteiger partial charge in [0, 0.05) is 11.8 Å².